The van der Waals surface area contributed by atoms with Gasteiger partial charge in [0.25, 0.3) is 11.8 Å². The van der Waals surface area contributed by atoms with Crippen molar-refractivity contribution in [3.63, 3.8) is 0 Å². The van der Waals surface area contributed by atoms with Gasteiger partial charge in [-0.15, -0.1) is 10.2 Å². The predicted octanol–water partition coefficient (Wildman–Crippen LogP) is 4.75. The molecule has 2 amide bonds. The zero-order chi connectivity index (χ0) is 39.5. The van der Waals surface area contributed by atoms with Crippen molar-refractivity contribution in [3.8, 4) is 22.8 Å². The Kier molecular flexibility index (Phi) is 14.5. The largest absolute Gasteiger partial charge is 0.490 e. The van der Waals surface area contributed by atoms with E-state index < -0.39 is 18.9 Å². The van der Waals surface area contributed by atoms with E-state index in [0.717, 1.165) is 33.4 Å². The number of aryl methyl sites for hydroxylation is 4. The normalized spacial score (nSPS) is 11.2. The maximum absolute atomic E-state index is 11.8. The number of rotatable bonds is 8. The second kappa shape index (κ2) is 19.0. The lowest BCUT2D eigenvalue weighted by atomic mass is 9.82. The summed E-state index contributed by atoms with van der Waals surface area (Å²) in [6, 6.07) is 15.3. The van der Waals surface area contributed by atoms with Gasteiger partial charge >= 0.3 is 7.12 Å². The molecule has 4 aromatic heterocycles. The first-order valence-corrected chi connectivity index (χ1v) is 17.4. The number of hydrogen-bond acceptors (Lipinski definition) is 10. The Labute approximate surface area is 329 Å². The third-order valence-electron chi connectivity index (χ3n) is 7.02. The van der Waals surface area contributed by atoms with Gasteiger partial charge in [0, 0.05) is 53.1 Å². The highest BCUT2D eigenvalue weighted by atomic mass is 79.9. The Morgan fingerprint density at radius 3 is 1.56 bits per heavy atom. The number of aromatic nitrogens is 8. The lowest BCUT2D eigenvalue weighted by molar-refractivity contribution is -0.114. The van der Waals surface area contributed by atoms with Crippen LogP contribution in [0.15, 0.2) is 90.5 Å². The van der Waals surface area contributed by atoms with Crippen LogP contribution in [-0.4, -0.2) is 68.5 Å². The Hall–Kier alpha value is -5.52. The molecule has 0 radical (unpaired) electrons. The molecule has 0 unspecified atom stereocenters. The zero-order valence-electron chi connectivity index (χ0n) is 29.4. The predicted molar refractivity (Wildman–Crippen MR) is 214 cm³/mol. The van der Waals surface area contributed by atoms with Gasteiger partial charge in [-0.05, 0) is 80.0 Å². The zero-order valence-corrected chi connectivity index (χ0v) is 32.5. The minimum atomic E-state index is -1.49. The number of pyridine rings is 2. The van der Waals surface area contributed by atoms with Crippen LogP contribution in [0.4, 0.5) is 0 Å². The maximum Gasteiger partial charge on any atom is 0.490 e. The standard InChI is InChI=1S/C18H16ClN5O.C13H13BrN4O.C5H5BClNO2/c1-11-3-12(2)5-13(4-11)18-22-10-24(23-18)9-16(17(20)25)14-6-15(19)8-21-7-14;1-8-3-9(2)5-10(4-8)13-16-7-18(17-13)6-11(14)12(15)19;7-5-1-4(6(9)10)2-8-3-5/h3-10H,1-2H3,(H2,20,25);3-7H,1-2H3,(H2,15,19);1-3,9-10H/b16-9+;11-6-;. The summed E-state index contributed by atoms with van der Waals surface area (Å²) in [5, 5.41) is 26.7. The van der Waals surface area contributed by atoms with E-state index in [1.165, 1.54) is 65.3 Å². The highest BCUT2D eigenvalue weighted by Crippen LogP contribution is 2.21. The van der Waals surface area contributed by atoms with Crippen molar-refractivity contribution in [1.29, 1.82) is 0 Å². The van der Waals surface area contributed by atoms with Crippen LogP contribution in [0.1, 0.15) is 27.8 Å². The molecule has 0 aliphatic carbocycles. The first-order chi connectivity index (χ1) is 25.6. The fraction of sp³-hybridized carbons (Fsp3) is 0.111. The molecule has 2 aromatic carbocycles. The van der Waals surface area contributed by atoms with E-state index in [2.05, 4.69) is 58.2 Å². The molecule has 18 heteroatoms. The lowest BCUT2D eigenvalue weighted by Gasteiger charge is -2.04. The number of amides is 2. The number of carbonyl (C=O) groups excluding carboxylic acids is 2. The van der Waals surface area contributed by atoms with Gasteiger partial charge in [-0.3, -0.25) is 19.6 Å². The van der Waals surface area contributed by atoms with Crippen molar-refractivity contribution >= 4 is 81.5 Å². The summed E-state index contributed by atoms with van der Waals surface area (Å²) < 4.78 is 3.14. The smallest absolute Gasteiger partial charge is 0.423 e. The molecule has 0 aliphatic rings. The quantitative estimate of drug-likeness (QED) is 0.122. The third kappa shape index (κ3) is 12.3. The molecule has 0 saturated carbocycles. The van der Waals surface area contributed by atoms with E-state index in [1.807, 2.05) is 52.0 Å². The van der Waals surface area contributed by atoms with E-state index in [1.54, 1.807) is 6.07 Å². The number of nitrogens with two attached hydrogens (primary N) is 2. The number of carbonyl (C=O) groups is 2. The second-order valence-corrected chi connectivity index (χ2v) is 13.5. The van der Waals surface area contributed by atoms with Gasteiger partial charge in [0.2, 0.25) is 0 Å². The van der Waals surface area contributed by atoms with E-state index >= 15 is 0 Å². The number of nitrogens with zero attached hydrogens (tertiary/aromatic N) is 8. The van der Waals surface area contributed by atoms with Gasteiger partial charge in [-0.25, -0.2) is 19.3 Å². The molecular formula is C36H34BBrCl2N10O4. The van der Waals surface area contributed by atoms with Crippen LogP contribution < -0.4 is 16.9 Å². The third-order valence-corrected chi connectivity index (χ3v) is 8.03. The van der Waals surface area contributed by atoms with E-state index in [0.29, 0.717) is 32.7 Å². The molecule has 0 bridgehead atoms. The van der Waals surface area contributed by atoms with E-state index in [-0.39, 0.29) is 10.1 Å². The Morgan fingerprint density at radius 1 is 0.685 bits per heavy atom. The minimum absolute atomic E-state index is 0.240. The van der Waals surface area contributed by atoms with Crippen molar-refractivity contribution in [2.45, 2.75) is 27.7 Å². The second-order valence-electron chi connectivity index (χ2n) is 11.8. The lowest BCUT2D eigenvalue weighted by Crippen LogP contribution is -2.29. The van der Waals surface area contributed by atoms with Gasteiger partial charge < -0.3 is 21.5 Å². The molecule has 0 aliphatic heterocycles. The Morgan fingerprint density at radius 2 is 1.15 bits per heavy atom. The van der Waals surface area contributed by atoms with Crippen molar-refractivity contribution in [2.24, 2.45) is 11.5 Å². The van der Waals surface area contributed by atoms with Gasteiger partial charge in [0.15, 0.2) is 11.6 Å². The molecular weight excluding hydrogens is 798 g/mol. The van der Waals surface area contributed by atoms with Crippen LogP contribution in [-0.2, 0) is 9.59 Å². The topological polar surface area (TPSA) is 214 Å². The molecule has 4 heterocycles. The monoisotopic (exact) mass is 830 g/mol. The SMILES string of the molecule is Cc1cc(C)cc(-c2ncn(/C=C(/C(N)=O)c3cncc(Cl)c3)n2)c1.Cc1cc(C)cc(-c2ncn(/C=C(\Br)C(N)=O)n2)c1.OB(O)c1cncc(Cl)c1. The first-order valence-electron chi connectivity index (χ1n) is 15.8. The van der Waals surface area contributed by atoms with Crippen LogP contribution >= 0.6 is 39.1 Å². The van der Waals surface area contributed by atoms with E-state index in [4.69, 9.17) is 44.7 Å². The van der Waals surface area contributed by atoms with Crippen LogP contribution in [0.25, 0.3) is 40.7 Å². The summed E-state index contributed by atoms with van der Waals surface area (Å²) in [7, 11) is -1.49. The summed E-state index contributed by atoms with van der Waals surface area (Å²) >= 11 is 14.5. The number of hydrogen-bond donors (Lipinski definition) is 4. The number of halogens is 3. The van der Waals surface area contributed by atoms with Gasteiger partial charge in [0.05, 0.1) is 21.8 Å². The molecule has 0 atom stereocenters. The molecule has 6 rings (SSSR count). The van der Waals surface area contributed by atoms with Gasteiger partial charge in [-0.1, -0.05) is 57.6 Å². The Bertz CT molecular complexity index is 2310. The summed E-state index contributed by atoms with van der Waals surface area (Å²) in [5.74, 6) is 0.0138. The average Bonchev–Trinajstić information content (AvgIpc) is 3.77. The minimum Gasteiger partial charge on any atom is -0.423 e. The van der Waals surface area contributed by atoms with E-state index in [9.17, 15) is 9.59 Å². The Balaban J connectivity index is 0.000000197. The molecule has 0 fully saturated rings. The molecule has 14 nitrogen and oxygen atoms in total. The van der Waals surface area contributed by atoms with Crippen molar-refractivity contribution in [2.75, 3.05) is 0 Å². The van der Waals surface area contributed by atoms with Crippen LogP contribution in [0.2, 0.25) is 10.0 Å². The fourth-order valence-electron chi connectivity index (χ4n) is 4.87. The highest BCUT2D eigenvalue weighted by molar-refractivity contribution is 9.12. The van der Waals surface area contributed by atoms with Crippen molar-refractivity contribution in [3.05, 3.63) is 128 Å². The van der Waals surface area contributed by atoms with Gasteiger partial charge in [-0.2, -0.15) is 0 Å². The summed E-state index contributed by atoms with van der Waals surface area (Å²) in [4.78, 5) is 38.9. The molecule has 0 spiro atoms. The first kappa shape index (κ1) is 41.2. The van der Waals surface area contributed by atoms with Gasteiger partial charge in [0.1, 0.15) is 17.1 Å². The fourth-order valence-corrected chi connectivity index (χ4v) is 5.43. The molecule has 6 aromatic rings. The van der Waals surface area contributed by atoms with Crippen LogP contribution in [0, 0.1) is 27.7 Å². The molecule has 0 saturated heterocycles. The summed E-state index contributed by atoms with van der Waals surface area (Å²) in [6.07, 6.45) is 11.8. The average molecular weight is 832 g/mol. The molecule has 276 valence electrons. The molecule has 6 N–H and O–H groups in total. The van der Waals surface area contributed by atoms with Crippen LogP contribution in [0.5, 0.6) is 0 Å². The summed E-state index contributed by atoms with van der Waals surface area (Å²) in [6.45, 7) is 8.09. The summed E-state index contributed by atoms with van der Waals surface area (Å²) in [5.41, 5.74) is 18.1. The molecule has 54 heavy (non-hydrogen) atoms. The number of benzene rings is 2. The highest BCUT2D eigenvalue weighted by Gasteiger charge is 2.13. The maximum atomic E-state index is 11.8. The van der Waals surface area contributed by atoms with Crippen LogP contribution in [0.3, 0.4) is 0 Å². The van der Waals surface area contributed by atoms with Crippen molar-refractivity contribution in [1.82, 2.24) is 39.5 Å². The number of primary amides is 2. The van der Waals surface area contributed by atoms with Crippen molar-refractivity contribution < 1.29 is 19.6 Å².